The summed E-state index contributed by atoms with van der Waals surface area (Å²) in [5, 5.41) is 0. The minimum Gasteiger partial charge on any atom is -0.444 e. The fourth-order valence-corrected chi connectivity index (χ4v) is 3.32. The van der Waals surface area contributed by atoms with E-state index in [0.29, 0.717) is 44.8 Å². The zero-order chi connectivity index (χ0) is 17.3. The van der Waals surface area contributed by atoms with Gasteiger partial charge in [-0.2, -0.15) is 0 Å². The Morgan fingerprint density at radius 2 is 2.00 bits per heavy atom. The molecule has 2 heterocycles. The number of nitrogens with zero attached hydrogens (tertiary/aromatic N) is 2. The molecule has 0 N–H and O–H groups in total. The quantitative estimate of drug-likeness (QED) is 0.719. The SMILES string of the molecule is CN1CC2(CCN(C(=O)OC(C)(C)C)CC2)OC(CCCl)C1=O. The smallest absolute Gasteiger partial charge is 0.410 e. The predicted molar refractivity (Wildman–Crippen MR) is 87.6 cm³/mol. The largest absolute Gasteiger partial charge is 0.444 e. The summed E-state index contributed by atoms with van der Waals surface area (Å²) in [5.74, 6) is 0.385. The summed E-state index contributed by atoms with van der Waals surface area (Å²) < 4.78 is 11.5. The molecule has 0 aromatic carbocycles. The van der Waals surface area contributed by atoms with Crippen LogP contribution in [0.5, 0.6) is 0 Å². The summed E-state index contributed by atoms with van der Waals surface area (Å²) in [7, 11) is 1.80. The van der Waals surface area contributed by atoms with E-state index in [4.69, 9.17) is 21.1 Å². The second-order valence-electron chi connectivity index (χ2n) is 7.43. The van der Waals surface area contributed by atoms with E-state index >= 15 is 0 Å². The van der Waals surface area contributed by atoms with Crippen molar-refractivity contribution < 1.29 is 19.1 Å². The lowest BCUT2D eigenvalue weighted by Gasteiger charge is -2.48. The molecule has 0 radical (unpaired) electrons. The van der Waals surface area contributed by atoms with Gasteiger partial charge in [0, 0.05) is 32.6 Å². The number of halogens is 1. The second-order valence-corrected chi connectivity index (χ2v) is 7.81. The molecular formula is C16H27ClN2O4. The monoisotopic (exact) mass is 346 g/mol. The molecule has 132 valence electrons. The Balaban J connectivity index is 1.97. The molecule has 2 aliphatic rings. The van der Waals surface area contributed by atoms with E-state index in [1.54, 1.807) is 16.8 Å². The van der Waals surface area contributed by atoms with Crippen molar-refractivity contribution in [2.75, 3.05) is 32.6 Å². The molecule has 1 atom stereocenters. The second kappa shape index (κ2) is 6.85. The van der Waals surface area contributed by atoms with E-state index in [2.05, 4.69) is 0 Å². The molecule has 0 aromatic heterocycles. The van der Waals surface area contributed by atoms with Gasteiger partial charge in [0.25, 0.3) is 5.91 Å². The number of rotatable bonds is 2. The maximum Gasteiger partial charge on any atom is 0.410 e. The molecule has 2 aliphatic heterocycles. The van der Waals surface area contributed by atoms with Gasteiger partial charge in [-0.25, -0.2) is 4.79 Å². The number of hydrogen-bond acceptors (Lipinski definition) is 4. The van der Waals surface area contributed by atoms with Crippen molar-refractivity contribution in [1.29, 1.82) is 0 Å². The first-order valence-corrected chi connectivity index (χ1v) is 8.66. The third-order valence-corrected chi connectivity index (χ3v) is 4.49. The van der Waals surface area contributed by atoms with Crippen LogP contribution in [0.1, 0.15) is 40.0 Å². The first-order valence-electron chi connectivity index (χ1n) is 8.12. The maximum atomic E-state index is 12.1. The van der Waals surface area contributed by atoms with Crippen LogP contribution in [0.2, 0.25) is 0 Å². The molecule has 2 saturated heterocycles. The summed E-state index contributed by atoms with van der Waals surface area (Å²) in [5.41, 5.74) is -0.871. The Morgan fingerprint density at radius 1 is 1.39 bits per heavy atom. The van der Waals surface area contributed by atoms with E-state index in [0.717, 1.165) is 0 Å². The van der Waals surface area contributed by atoms with Crippen LogP contribution in [-0.4, -0.2) is 71.7 Å². The van der Waals surface area contributed by atoms with Crippen LogP contribution in [0, 0.1) is 0 Å². The first kappa shape index (κ1) is 18.3. The van der Waals surface area contributed by atoms with Crippen molar-refractivity contribution in [2.45, 2.75) is 57.3 Å². The number of hydrogen-bond donors (Lipinski definition) is 0. The fraction of sp³-hybridized carbons (Fsp3) is 0.875. The average molecular weight is 347 g/mol. The van der Waals surface area contributed by atoms with Crippen molar-refractivity contribution in [1.82, 2.24) is 9.80 Å². The number of likely N-dealkylation sites (N-methyl/N-ethyl adjacent to an activating group) is 1. The molecular weight excluding hydrogens is 320 g/mol. The van der Waals surface area contributed by atoms with Crippen molar-refractivity contribution in [3.63, 3.8) is 0 Å². The van der Waals surface area contributed by atoms with Crippen LogP contribution in [0.3, 0.4) is 0 Å². The van der Waals surface area contributed by atoms with Gasteiger partial charge in [0.2, 0.25) is 0 Å². The lowest BCUT2D eigenvalue weighted by Crippen LogP contribution is -2.61. The van der Waals surface area contributed by atoms with Crippen molar-refractivity contribution in [3.8, 4) is 0 Å². The number of morpholine rings is 1. The molecule has 0 bridgehead atoms. The van der Waals surface area contributed by atoms with E-state index < -0.39 is 11.7 Å². The Hall–Kier alpha value is -1.01. The molecule has 0 aromatic rings. The molecule has 2 amide bonds. The van der Waals surface area contributed by atoms with Gasteiger partial charge in [0.1, 0.15) is 11.7 Å². The van der Waals surface area contributed by atoms with Crippen molar-refractivity contribution >= 4 is 23.6 Å². The highest BCUT2D eigenvalue weighted by atomic mass is 35.5. The Labute approximate surface area is 143 Å². The molecule has 2 fully saturated rings. The molecule has 1 unspecified atom stereocenters. The van der Waals surface area contributed by atoms with E-state index in [1.165, 1.54) is 0 Å². The topological polar surface area (TPSA) is 59.1 Å². The van der Waals surface area contributed by atoms with Crippen LogP contribution in [-0.2, 0) is 14.3 Å². The van der Waals surface area contributed by atoms with E-state index in [9.17, 15) is 9.59 Å². The molecule has 1 spiro atoms. The number of alkyl halides is 1. The van der Waals surface area contributed by atoms with Crippen LogP contribution in [0.25, 0.3) is 0 Å². The molecule has 23 heavy (non-hydrogen) atoms. The third kappa shape index (κ3) is 4.51. The van der Waals surface area contributed by atoms with E-state index in [-0.39, 0.29) is 17.6 Å². The van der Waals surface area contributed by atoms with Crippen molar-refractivity contribution in [2.24, 2.45) is 0 Å². The number of amides is 2. The predicted octanol–water partition coefficient (Wildman–Crippen LogP) is 2.24. The average Bonchev–Trinajstić information content (AvgIpc) is 2.43. The summed E-state index contributed by atoms with van der Waals surface area (Å²) >= 11 is 5.78. The van der Waals surface area contributed by atoms with Gasteiger partial charge in [0.05, 0.1) is 5.60 Å². The zero-order valence-electron chi connectivity index (χ0n) is 14.4. The number of carbonyl (C=O) groups is 2. The zero-order valence-corrected chi connectivity index (χ0v) is 15.2. The van der Waals surface area contributed by atoms with Gasteiger partial charge in [-0.1, -0.05) is 0 Å². The standard InChI is InChI=1S/C16H27ClN2O4/c1-15(2,3)23-14(21)19-9-6-16(7-10-19)11-18(4)13(20)12(22-16)5-8-17/h12H,5-11H2,1-4H3. The lowest BCUT2D eigenvalue weighted by atomic mass is 9.88. The number of carbonyl (C=O) groups excluding carboxylic acids is 2. The highest BCUT2D eigenvalue weighted by Gasteiger charge is 2.46. The number of piperidine rings is 1. The fourth-order valence-electron chi connectivity index (χ4n) is 3.13. The lowest BCUT2D eigenvalue weighted by molar-refractivity contribution is -0.189. The highest BCUT2D eigenvalue weighted by Crippen LogP contribution is 2.33. The van der Waals surface area contributed by atoms with Gasteiger partial charge in [-0.3, -0.25) is 4.79 Å². The van der Waals surface area contributed by atoms with Gasteiger partial charge in [0.15, 0.2) is 0 Å². The van der Waals surface area contributed by atoms with Gasteiger partial charge >= 0.3 is 6.09 Å². The molecule has 0 saturated carbocycles. The minimum atomic E-state index is -0.494. The molecule has 6 nitrogen and oxygen atoms in total. The maximum absolute atomic E-state index is 12.1. The van der Waals surface area contributed by atoms with Gasteiger partial charge < -0.3 is 19.3 Å². The minimum absolute atomic E-state index is 0.00848. The molecule has 0 aliphatic carbocycles. The number of ether oxygens (including phenoxy) is 2. The summed E-state index contributed by atoms with van der Waals surface area (Å²) in [6.45, 7) is 7.29. The van der Waals surface area contributed by atoms with Crippen molar-refractivity contribution in [3.05, 3.63) is 0 Å². The Kier molecular flexibility index (Phi) is 5.46. The van der Waals surface area contributed by atoms with Gasteiger partial charge in [-0.05, 0) is 40.0 Å². The van der Waals surface area contributed by atoms with Crippen LogP contribution in [0.15, 0.2) is 0 Å². The Bertz CT molecular complexity index is 455. The van der Waals surface area contributed by atoms with Gasteiger partial charge in [-0.15, -0.1) is 11.6 Å². The summed E-state index contributed by atoms with van der Waals surface area (Å²) in [4.78, 5) is 27.7. The van der Waals surface area contributed by atoms with Crippen LogP contribution in [0.4, 0.5) is 4.79 Å². The number of likely N-dealkylation sites (tertiary alicyclic amines) is 1. The van der Waals surface area contributed by atoms with Crippen LogP contribution < -0.4 is 0 Å². The Morgan fingerprint density at radius 3 is 2.52 bits per heavy atom. The summed E-state index contributed by atoms with van der Waals surface area (Å²) in [6, 6.07) is 0. The molecule has 7 heteroatoms. The third-order valence-electron chi connectivity index (χ3n) is 4.27. The molecule has 2 rings (SSSR count). The normalized spacial score (nSPS) is 24.9. The van der Waals surface area contributed by atoms with E-state index in [1.807, 2.05) is 20.8 Å². The summed E-state index contributed by atoms with van der Waals surface area (Å²) in [6.07, 6.45) is 1.15. The first-order chi connectivity index (χ1) is 10.7. The van der Waals surface area contributed by atoms with Crippen LogP contribution >= 0.6 is 11.6 Å². The highest BCUT2D eigenvalue weighted by molar-refractivity contribution is 6.18.